The zero-order chi connectivity index (χ0) is 19.2. The highest BCUT2D eigenvalue weighted by Crippen LogP contribution is 2.25. The molecule has 0 radical (unpaired) electrons. The maximum atomic E-state index is 12.4. The number of anilines is 1. The van der Waals surface area contributed by atoms with Crippen molar-refractivity contribution in [3.8, 4) is 23.1 Å². The van der Waals surface area contributed by atoms with Gasteiger partial charge in [-0.05, 0) is 30.7 Å². The quantitative estimate of drug-likeness (QED) is 0.519. The van der Waals surface area contributed by atoms with Gasteiger partial charge in [0.2, 0.25) is 0 Å². The van der Waals surface area contributed by atoms with Crippen LogP contribution in [-0.2, 0) is 4.79 Å². The molecule has 0 unspecified atom stereocenters. The fraction of sp³-hybridized carbons (Fsp3) is 0.0952. The van der Waals surface area contributed by atoms with Gasteiger partial charge in [-0.15, -0.1) is 11.3 Å². The van der Waals surface area contributed by atoms with Crippen LogP contribution in [0, 0.1) is 18.3 Å². The second-order valence-corrected chi connectivity index (χ2v) is 6.66. The fourth-order valence-corrected chi connectivity index (χ4v) is 3.08. The lowest BCUT2D eigenvalue weighted by Gasteiger charge is -2.02. The van der Waals surface area contributed by atoms with Crippen LogP contribution in [0.25, 0.3) is 17.3 Å². The molecule has 0 atom stereocenters. The molecule has 0 saturated heterocycles. The second kappa shape index (κ2) is 8.30. The lowest BCUT2D eigenvalue weighted by atomic mass is 10.1. The van der Waals surface area contributed by atoms with Crippen LogP contribution in [0.5, 0.6) is 5.75 Å². The first-order valence-electron chi connectivity index (χ1n) is 8.19. The minimum atomic E-state index is -0.488. The first-order chi connectivity index (χ1) is 13.1. The van der Waals surface area contributed by atoms with E-state index in [0.717, 1.165) is 16.8 Å². The third-order valence-corrected chi connectivity index (χ3v) is 4.62. The van der Waals surface area contributed by atoms with Crippen molar-refractivity contribution in [1.29, 1.82) is 5.26 Å². The summed E-state index contributed by atoms with van der Waals surface area (Å²) in [6.07, 6.45) is 1.53. The molecule has 3 aromatic rings. The highest BCUT2D eigenvalue weighted by Gasteiger charge is 2.12. The molecule has 1 heterocycles. The third-order valence-electron chi connectivity index (χ3n) is 3.86. The number of aryl methyl sites for hydroxylation is 1. The van der Waals surface area contributed by atoms with Crippen LogP contribution >= 0.6 is 11.3 Å². The summed E-state index contributed by atoms with van der Waals surface area (Å²) in [6.45, 7) is 2.02. The summed E-state index contributed by atoms with van der Waals surface area (Å²) in [7, 11) is 1.58. The van der Waals surface area contributed by atoms with Crippen molar-refractivity contribution in [3.05, 3.63) is 70.6 Å². The number of hydrogen-bond donors (Lipinski definition) is 1. The monoisotopic (exact) mass is 375 g/mol. The Bertz CT molecular complexity index is 1010. The third kappa shape index (κ3) is 4.60. The van der Waals surface area contributed by atoms with Gasteiger partial charge in [-0.3, -0.25) is 10.1 Å². The van der Waals surface area contributed by atoms with Crippen molar-refractivity contribution >= 4 is 28.5 Å². The number of hydrogen-bond acceptors (Lipinski definition) is 5. The minimum Gasteiger partial charge on any atom is -0.497 e. The van der Waals surface area contributed by atoms with E-state index in [4.69, 9.17) is 4.74 Å². The van der Waals surface area contributed by atoms with E-state index in [-0.39, 0.29) is 5.57 Å². The lowest BCUT2D eigenvalue weighted by Crippen LogP contribution is -2.13. The van der Waals surface area contributed by atoms with Crippen LogP contribution < -0.4 is 10.1 Å². The molecule has 0 saturated carbocycles. The van der Waals surface area contributed by atoms with Crippen molar-refractivity contribution in [2.45, 2.75) is 6.92 Å². The van der Waals surface area contributed by atoms with Gasteiger partial charge in [0.05, 0.1) is 12.8 Å². The first kappa shape index (κ1) is 18.4. The van der Waals surface area contributed by atoms with Crippen molar-refractivity contribution in [3.63, 3.8) is 0 Å². The number of carbonyl (C=O) groups is 1. The number of nitrogens with zero attached hydrogens (tertiary/aromatic N) is 2. The molecule has 134 valence electrons. The fourth-order valence-electron chi connectivity index (χ4n) is 2.37. The summed E-state index contributed by atoms with van der Waals surface area (Å²) >= 11 is 1.32. The summed E-state index contributed by atoms with van der Waals surface area (Å²) in [4.78, 5) is 16.8. The predicted molar refractivity (Wildman–Crippen MR) is 108 cm³/mol. The summed E-state index contributed by atoms with van der Waals surface area (Å²) in [5, 5.41) is 14.3. The van der Waals surface area contributed by atoms with Gasteiger partial charge in [-0.2, -0.15) is 5.26 Å². The second-order valence-electron chi connectivity index (χ2n) is 5.80. The van der Waals surface area contributed by atoms with E-state index in [1.165, 1.54) is 23.0 Å². The van der Waals surface area contributed by atoms with Gasteiger partial charge in [-0.1, -0.05) is 42.0 Å². The molecule has 2 aromatic carbocycles. The SMILES string of the molecule is COc1ccc(/C=C(\C#N)C(=O)Nc2nc(-c3ccc(C)cc3)cs2)cc1. The van der Waals surface area contributed by atoms with Crippen LogP contribution in [0.2, 0.25) is 0 Å². The van der Waals surface area contributed by atoms with Gasteiger partial charge >= 0.3 is 0 Å². The number of amides is 1. The van der Waals surface area contributed by atoms with E-state index in [2.05, 4.69) is 10.3 Å². The average Bonchev–Trinajstić information content (AvgIpc) is 3.15. The van der Waals surface area contributed by atoms with Crippen LogP contribution in [0.1, 0.15) is 11.1 Å². The maximum Gasteiger partial charge on any atom is 0.268 e. The van der Waals surface area contributed by atoms with Gasteiger partial charge < -0.3 is 4.74 Å². The van der Waals surface area contributed by atoms with Gasteiger partial charge in [0.15, 0.2) is 5.13 Å². The number of ether oxygens (including phenoxy) is 1. The first-order valence-corrected chi connectivity index (χ1v) is 9.07. The average molecular weight is 375 g/mol. The van der Waals surface area contributed by atoms with E-state index in [0.29, 0.717) is 10.9 Å². The zero-order valence-corrected chi connectivity index (χ0v) is 15.7. The standard InChI is InChI=1S/C21H17N3O2S/c1-14-3-7-16(8-4-14)19-13-27-21(23-19)24-20(25)17(12-22)11-15-5-9-18(26-2)10-6-15/h3-11,13H,1-2H3,(H,23,24,25)/b17-11+. The molecule has 1 amide bonds. The highest BCUT2D eigenvalue weighted by molar-refractivity contribution is 7.14. The lowest BCUT2D eigenvalue weighted by molar-refractivity contribution is -0.112. The summed E-state index contributed by atoms with van der Waals surface area (Å²) in [5.74, 6) is 0.222. The van der Waals surface area contributed by atoms with E-state index in [1.807, 2.05) is 42.6 Å². The number of thiazole rings is 1. The van der Waals surface area contributed by atoms with Gasteiger partial charge in [0.1, 0.15) is 17.4 Å². The van der Waals surface area contributed by atoms with Gasteiger partial charge in [0.25, 0.3) is 5.91 Å². The summed E-state index contributed by atoms with van der Waals surface area (Å²) in [6, 6.07) is 17.0. The highest BCUT2D eigenvalue weighted by atomic mass is 32.1. The number of benzene rings is 2. The van der Waals surface area contributed by atoms with Crippen molar-refractivity contribution in [2.24, 2.45) is 0 Å². The molecule has 0 aliphatic carbocycles. The molecule has 5 nitrogen and oxygen atoms in total. The van der Waals surface area contributed by atoms with Gasteiger partial charge in [-0.25, -0.2) is 4.98 Å². The Balaban J connectivity index is 1.74. The molecule has 0 bridgehead atoms. The summed E-state index contributed by atoms with van der Waals surface area (Å²) in [5.41, 5.74) is 3.68. The van der Waals surface area contributed by atoms with Crippen LogP contribution in [0.4, 0.5) is 5.13 Å². The molecular weight excluding hydrogens is 358 g/mol. The van der Waals surface area contributed by atoms with Crippen LogP contribution in [0.3, 0.4) is 0 Å². The normalized spacial score (nSPS) is 10.9. The predicted octanol–water partition coefficient (Wildman–Crippen LogP) is 4.67. The molecule has 27 heavy (non-hydrogen) atoms. The molecule has 0 aliphatic rings. The van der Waals surface area contributed by atoms with Crippen LogP contribution in [0.15, 0.2) is 59.5 Å². The number of rotatable bonds is 5. The molecule has 6 heteroatoms. The Morgan fingerprint density at radius 1 is 1.19 bits per heavy atom. The Labute approximate surface area is 161 Å². The Hall–Kier alpha value is -3.43. The summed E-state index contributed by atoms with van der Waals surface area (Å²) < 4.78 is 5.10. The maximum absolute atomic E-state index is 12.4. The molecule has 0 aliphatic heterocycles. The molecular formula is C21H17N3O2S. The number of methoxy groups -OCH3 is 1. The number of aromatic nitrogens is 1. The Morgan fingerprint density at radius 3 is 2.52 bits per heavy atom. The van der Waals surface area contributed by atoms with E-state index < -0.39 is 5.91 Å². The van der Waals surface area contributed by atoms with E-state index in [1.54, 1.807) is 31.4 Å². The Morgan fingerprint density at radius 2 is 1.89 bits per heavy atom. The van der Waals surface area contributed by atoms with Crippen molar-refractivity contribution in [2.75, 3.05) is 12.4 Å². The largest absolute Gasteiger partial charge is 0.497 e. The van der Waals surface area contributed by atoms with E-state index in [9.17, 15) is 10.1 Å². The molecule has 1 N–H and O–H groups in total. The smallest absolute Gasteiger partial charge is 0.268 e. The minimum absolute atomic E-state index is 0.00672. The van der Waals surface area contributed by atoms with Gasteiger partial charge in [0, 0.05) is 10.9 Å². The van der Waals surface area contributed by atoms with Crippen molar-refractivity contribution in [1.82, 2.24) is 4.98 Å². The molecule has 0 spiro atoms. The van der Waals surface area contributed by atoms with E-state index >= 15 is 0 Å². The number of nitriles is 1. The Kier molecular flexibility index (Phi) is 5.64. The topological polar surface area (TPSA) is 75.0 Å². The number of carbonyl (C=O) groups excluding carboxylic acids is 1. The number of nitrogens with one attached hydrogen (secondary N) is 1. The molecule has 0 fully saturated rings. The molecule has 1 aromatic heterocycles. The van der Waals surface area contributed by atoms with Crippen molar-refractivity contribution < 1.29 is 9.53 Å². The zero-order valence-electron chi connectivity index (χ0n) is 14.9. The molecule has 3 rings (SSSR count). The van der Waals surface area contributed by atoms with Crippen LogP contribution in [-0.4, -0.2) is 18.0 Å².